The van der Waals surface area contributed by atoms with E-state index in [1.165, 1.54) is 11.9 Å². The Morgan fingerprint density at radius 3 is 2.59 bits per heavy atom. The van der Waals surface area contributed by atoms with Crippen molar-refractivity contribution < 1.29 is 4.74 Å². The molecular weight excluding hydrogens is 214 g/mol. The summed E-state index contributed by atoms with van der Waals surface area (Å²) < 4.78 is 5.45. The lowest BCUT2D eigenvalue weighted by atomic mass is 10.0. The number of methoxy groups -OCH3 is 1. The number of nitrogens with zero attached hydrogens (tertiary/aromatic N) is 2. The molecule has 0 radical (unpaired) electrons. The molecule has 1 aromatic carbocycles. The summed E-state index contributed by atoms with van der Waals surface area (Å²) in [6.07, 6.45) is 1.46. The first-order chi connectivity index (χ1) is 8.13. The Morgan fingerprint density at radius 1 is 1.18 bits per heavy atom. The highest BCUT2D eigenvalue weighted by Gasteiger charge is 2.11. The van der Waals surface area contributed by atoms with E-state index in [2.05, 4.69) is 16.9 Å². The van der Waals surface area contributed by atoms with Crippen LogP contribution in [0.1, 0.15) is 11.1 Å². The summed E-state index contributed by atoms with van der Waals surface area (Å²) in [6, 6.07) is 5.78. The third-order valence-electron chi connectivity index (χ3n) is 2.85. The second-order valence-electron chi connectivity index (χ2n) is 3.92. The number of anilines is 1. The number of aromatic nitrogens is 2. The van der Waals surface area contributed by atoms with Gasteiger partial charge in [0.25, 0.3) is 0 Å². The van der Waals surface area contributed by atoms with E-state index in [-0.39, 0.29) is 0 Å². The highest BCUT2D eigenvalue weighted by Crippen LogP contribution is 2.33. The van der Waals surface area contributed by atoms with Gasteiger partial charge in [0.2, 0.25) is 0 Å². The third kappa shape index (κ3) is 2.06. The van der Waals surface area contributed by atoms with Crippen LogP contribution in [0, 0.1) is 13.8 Å². The van der Waals surface area contributed by atoms with Crippen LogP contribution < -0.4 is 10.5 Å². The number of ether oxygens (including phenoxy) is 1. The van der Waals surface area contributed by atoms with Gasteiger partial charge in [-0.3, -0.25) is 0 Å². The first-order valence-corrected chi connectivity index (χ1v) is 5.35. The summed E-state index contributed by atoms with van der Waals surface area (Å²) in [5.41, 5.74) is 9.67. The topological polar surface area (TPSA) is 61.0 Å². The van der Waals surface area contributed by atoms with Gasteiger partial charge in [0.1, 0.15) is 17.9 Å². The molecule has 88 valence electrons. The molecule has 4 heteroatoms. The van der Waals surface area contributed by atoms with Gasteiger partial charge in [0.05, 0.1) is 12.8 Å². The average molecular weight is 229 g/mol. The summed E-state index contributed by atoms with van der Waals surface area (Å²) in [4.78, 5) is 8.10. The number of nitrogen functional groups attached to an aromatic ring is 1. The summed E-state index contributed by atoms with van der Waals surface area (Å²) in [6.45, 7) is 4.08. The molecular formula is C13H15N3O. The fraction of sp³-hybridized carbons (Fsp3) is 0.231. The van der Waals surface area contributed by atoms with Crippen LogP contribution in [0.3, 0.4) is 0 Å². The summed E-state index contributed by atoms with van der Waals surface area (Å²) in [7, 11) is 1.66. The van der Waals surface area contributed by atoms with E-state index >= 15 is 0 Å². The highest BCUT2D eigenvalue weighted by atomic mass is 16.5. The number of rotatable bonds is 2. The van der Waals surface area contributed by atoms with Gasteiger partial charge < -0.3 is 10.5 Å². The number of benzene rings is 1. The predicted octanol–water partition coefficient (Wildman–Crippen LogP) is 2.35. The van der Waals surface area contributed by atoms with Crippen molar-refractivity contribution in [1.29, 1.82) is 0 Å². The van der Waals surface area contributed by atoms with Crippen LogP contribution in [0.25, 0.3) is 11.3 Å². The summed E-state index contributed by atoms with van der Waals surface area (Å²) in [5.74, 6) is 1.29. The van der Waals surface area contributed by atoms with E-state index in [0.717, 1.165) is 22.6 Å². The van der Waals surface area contributed by atoms with Gasteiger partial charge in [-0.05, 0) is 31.0 Å². The van der Waals surface area contributed by atoms with Gasteiger partial charge in [0, 0.05) is 11.6 Å². The van der Waals surface area contributed by atoms with Crippen molar-refractivity contribution in [3.05, 3.63) is 35.7 Å². The summed E-state index contributed by atoms with van der Waals surface area (Å²) >= 11 is 0. The molecule has 2 aromatic rings. The van der Waals surface area contributed by atoms with Crippen molar-refractivity contribution in [3.8, 4) is 17.0 Å². The lowest BCUT2D eigenvalue weighted by Gasteiger charge is -2.13. The zero-order chi connectivity index (χ0) is 12.4. The van der Waals surface area contributed by atoms with Crippen LogP contribution in [-0.2, 0) is 0 Å². The summed E-state index contributed by atoms with van der Waals surface area (Å²) in [5, 5.41) is 0. The standard InChI is InChI=1S/C13H15N3O/c1-8-4-5-10(13(17-3)9(8)2)11-6-12(14)16-7-15-11/h4-7H,1-3H3,(H2,14,15,16). The molecule has 4 nitrogen and oxygen atoms in total. The van der Waals surface area contributed by atoms with Crippen LogP contribution in [0.5, 0.6) is 5.75 Å². The van der Waals surface area contributed by atoms with Gasteiger partial charge in [-0.1, -0.05) is 6.07 Å². The number of hydrogen-bond donors (Lipinski definition) is 1. The second kappa shape index (κ2) is 4.41. The lowest BCUT2D eigenvalue weighted by molar-refractivity contribution is 0.413. The minimum absolute atomic E-state index is 0.454. The van der Waals surface area contributed by atoms with Gasteiger partial charge >= 0.3 is 0 Å². The SMILES string of the molecule is COc1c(-c2cc(N)ncn2)ccc(C)c1C. The largest absolute Gasteiger partial charge is 0.496 e. The maximum Gasteiger partial charge on any atom is 0.131 e. The molecule has 0 amide bonds. The number of hydrogen-bond acceptors (Lipinski definition) is 4. The van der Waals surface area contributed by atoms with Gasteiger partial charge in [-0.2, -0.15) is 0 Å². The Bertz CT molecular complexity index is 552. The molecule has 2 N–H and O–H groups in total. The van der Waals surface area contributed by atoms with E-state index in [4.69, 9.17) is 10.5 Å². The van der Waals surface area contributed by atoms with Crippen molar-refractivity contribution in [3.63, 3.8) is 0 Å². The van der Waals surface area contributed by atoms with E-state index in [1.807, 2.05) is 19.1 Å². The molecule has 0 saturated heterocycles. The van der Waals surface area contributed by atoms with Gasteiger partial charge in [-0.25, -0.2) is 9.97 Å². The zero-order valence-electron chi connectivity index (χ0n) is 10.2. The molecule has 0 bridgehead atoms. The average Bonchev–Trinajstić information content (AvgIpc) is 2.32. The Kier molecular flexibility index (Phi) is 2.95. The first kappa shape index (κ1) is 11.4. The maximum absolute atomic E-state index is 5.66. The first-order valence-electron chi connectivity index (χ1n) is 5.35. The monoisotopic (exact) mass is 229 g/mol. The fourth-order valence-corrected chi connectivity index (χ4v) is 1.77. The molecule has 2 rings (SSSR count). The Morgan fingerprint density at radius 2 is 1.94 bits per heavy atom. The molecule has 0 spiro atoms. The van der Waals surface area contributed by atoms with Crippen molar-refractivity contribution in [2.24, 2.45) is 0 Å². The van der Waals surface area contributed by atoms with Crippen LogP contribution in [-0.4, -0.2) is 17.1 Å². The van der Waals surface area contributed by atoms with E-state index in [1.54, 1.807) is 13.2 Å². The minimum atomic E-state index is 0.454. The van der Waals surface area contributed by atoms with Crippen molar-refractivity contribution >= 4 is 5.82 Å². The molecule has 17 heavy (non-hydrogen) atoms. The van der Waals surface area contributed by atoms with E-state index in [0.29, 0.717) is 5.82 Å². The lowest BCUT2D eigenvalue weighted by Crippen LogP contribution is -1.97. The number of nitrogens with two attached hydrogens (primary N) is 1. The normalized spacial score (nSPS) is 10.3. The number of aryl methyl sites for hydroxylation is 1. The molecule has 1 aromatic heterocycles. The molecule has 0 aliphatic carbocycles. The quantitative estimate of drug-likeness (QED) is 0.858. The van der Waals surface area contributed by atoms with Crippen LogP contribution in [0.4, 0.5) is 5.82 Å². The highest BCUT2D eigenvalue weighted by molar-refractivity contribution is 5.71. The van der Waals surface area contributed by atoms with Crippen LogP contribution >= 0.6 is 0 Å². The molecule has 0 aliphatic rings. The Hall–Kier alpha value is -2.10. The smallest absolute Gasteiger partial charge is 0.131 e. The van der Waals surface area contributed by atoms with E-state index in [9.17, 15) is 0 Å². The molecule has 0 aliphatic heterocycles. The van der Waals surface area contributed by atoms with Gasteiger partial charge in [-0.15, -0.1) is 0 Å². The fourth-order valence-electron chi connectivity index (χ4n) is 1.77. The molecule has 0 saturated carbocycles. The third-order valence-corrected chi connectivity index (χ3v) is 2.85. The zero-order valence-corrected chi connectivity index (χ0v) is 10.2. The molecule has 0 fully saturated rings. The molecule has 0 atom stereocenters. The van der Waals surface area contributed by atoms with Crippen molar-refractivity contribution in [2.45, 2.75) is 13.8 Å². The van der Waals surface area contributed by atoms with Crippen LogP contribution in [0.15, 0.2) is 24.5 Å². The van der Waals surface area contributed by atoms with E-state index < -0.39 is 0 Å². The van der Waals surface area contributed by atoms with Crippen molar-refractivity contribution in [2.75, 3.05) is 12.8 Å². The minimum Gasteiger partial charge on any atom is -0.496 e. The van der Waals surface area contributed by atoms with Gasteiger partial charge in [0.15, 0.2) is 0 Å². The Balaban J connectivity index is 2.63. The predicted molar refractivity (Wildman–Crippen MR) is 67.9 cm³/mol. The Labute approximate surface area is 100 Å². The van der Waals surface area contributed by atoms with Crippen molar-refractivity contribution in [1.82, 2.24) is 9.97 Å². The van der Waals surface area contributed by atoms with Crippen LogP contribution in [0.2, 0.25) is 0 Å². The molecule has 1 heterocycles. The maximum atomic E-state index is 5.66. The molecule has 0 unspecified atom stereocenters. The second-order valence-corrected chi connectivity index (χ2v) is 3.92.